The first-order chi connectivity index (χ1) is 10.7. The van der Waals surface area contributed by atoms with Crippen LogP contribution in [0.3, 0.4) is 0 Å². The topological polar surface area (TPSA) is 58.6 Å². The Hall–Kier alpha value is -0.553. The van der Waals surface area contributed by atoms with Crippen molar-refractivity contribution >= 4 is 14.4 Å². The third-order valence-electron chi connectivity index (χ3n) is 6.57. The molecular weight excluding hydrogens is 318 g/mol. The molecule has 1 rings (SSSR count). The van der Waals surface area contributed by atoms with E-state index in [1.54, 1.807) is 0 Å². The number of hydrogen-bond donors (Lipinski definition) is 2. The highest BCUT2D eigenvalue weighted by Crippen LogP contribution is 2.54. The van der Waals surface area contributed by atoms with E-state index in [4.69, 9.17) is 4.43 Å². The molecule has 0 aromatic heterocycles. The van der Waals surface area contributed by atoms with Crippen molar-refractivity contribution in [2.75, 3.05) is 6.61 Å². The van der Waals surface area contributed by atoms with Crippen LogP contribution in [0.15, 0.2) is 0 Å². The summed E-state index contributed by atoms with van der Waals surface area (Å²) in [6.45, 7) is 18.5. The van der Waals surface area contributed by atoms with E-state index in [-0.39, 0.29) is 21.9 Å². The van der Waals surface area contributed by atoms with Gasteiger partial charge in [0, 0.05) is 0 Å². The molecule has 1 atom stereocenters. The summed E-state index contributed by atoms with van der Waals surface area (Å²) < 4.78 is 6.34. The number of carboxylic acid groups (broad SMARTS) is 1. The Balaban J connectivity index is 2.88. The van der Waals surface area contributed by atoms with Crippen LogP contribution in [0.1, 0.15) is 73.6 Å². The van der Waals surface area contributed by atoms with Gasteiger partial charge in [0.2, 0.25) is 0 Å². The van der Waals surface area contributed by atoms with Crippen LogP contribution in [-0.2, 0) is 4.43 Å². The average molecular weight is 358 g/mol. The quantitative estimate of drug-likeness (QED) is 0.605. The van der Waals surface area contributed by atoms with Crippen LogP contribution < -0.4 is 5.32 Å². The lowest BCUT2D eigenvalue weighted by atomic mass is 9.62. The Bertz CT molecular complexity index is 429. The van der Waals surface area contributed by atoms with Crippen molar-refractivity contribution in [3.8, 4) is 0 Å². The second-order valence-corrected chi connectivity index (χ2v) is 15.0. The van der Waals surface area contributed by atoms with Crippen LogP contribution in [-0.4, -0.2) is 32.2 Å². The van der Waals surface area contributed by atoms with Crippen LogP contribution in [0.4, 0.5) is 4.79 Å². The second-order valence-electron chi connectivity index (χ2n) is 10.2. The van der Waals surface area contributed by atoms with Gasteiger partial charge in [-0.05, 0) is 48.2 Å². The van der Waals surface area contributed by atoms with Gasteiger partial charge in [-0.1, -0.05) is 54.4 Å². The van der Waals surface area contributed by atoms with Crippen LogP contribution in [0.25, 0.3) is 0 Å². The summed E-state index contributed by atoms with van der Waals surface area (Å²) in [4.78, 5) is 11.3. The Morgan fingerprint density at radius 2 is 1.67 bits per heavy atom. The van der Waals surface area contributed by atoms with Crippen molar-refractivity contribution in [1.29, 1.82) is 0 Å². The molecule has 0 heterocycles. The van der Waals surface area contributed by atoms with Gasteiger partial charge in [-0.2, -0.15) is 0 Å². The highest BCUT2D eigenvalue weighted by atomic mass is 28.4. The summed E-state index contributed by atoms with van der Waals surface area (Å²) in [5.41, 5.74) is 0.385. The molecule has 1 aliphatic rings. The molecule has 1 saturated carbocycles. The van der Waals surface area contributed by atoms with E-state index in [0.717, 1.165) is 6.42 Å². The molecule has 0 saturated heterocycles. The lowest BCUT2D eigenvalue weighted by Crippen LogP contribution is -2.49. The number of carbonyl (C=O) groups is 1. The molecule has 1 fully saturated rings. The minimum absolute atomic E-state index is 0.131. The average Bonchev–Trinajstić information content (AvgIpc) is 2.83. The predicted molar refractivity (Wildman–Crippen MR) is 103 cm³/mol. The van der Waals surface area contributed by atoms with Crippen molar-refractivity contribution in [3.05, 3.63) is 0 Å². The van der Waals surface area contributed by atoms with Crippen molar-refractivity contribution in [2.24, 2.45) is 10.8 Å². The summed E-state index contributed by atoms with van der Waals surface area (Å²) in [6.07, 6.45) is 4.81. The molecule has 2 N–H and O–H groups in total. The fourth-order valence-corrected chi connectivity index (χ4v) is 4.69. The zero-order valence-electron chi connectivity index (χ0n) is 17.1. The van der Waals surface area contributed by atoms with E-state index in [2.05, 4.69) is 60.0 Å². The van der Waals surface area contributed by atoms with E-state index in [9.17, 15) is 9.90 Å². The summed E-state index contributed by atoms with van der Waals surface area (Å²) in [5.74, 6) is 0. The van der Waals surface area contributed by atoms with Gasteiger partial charge < -0.3 is 14.8 Å². The molecule has 1 unspecified atom stereocenters. The van der Waals surface area contributed by atoms with Crippen molar-refractivity contribution in [2.45, 2.75) is 97.8 Å². The Morgan fingerprint density at radius 3 is 2.04 bits per heavy atom. The van der Waals surface area contributed by atoms with E-state index in [0.29, 0.717) is 6.61 Å². The summed E-state index contributed by atoms with van der Waals surface area (Å²) >= 11 is 0. The minimum atomic E-state index is -1.88. The van der Waals surface area contributed by atoms with E-state index in [1.807, 2.05) is 0 Å². The number of hydrogen-bond acceptors (Lipinski definition) is 2. The van der Waals surface area contributed by atoms with E-state index >= 15 is 0 Å². The standard InChI is InChI=1S/C19H39NO3Si/c1-17(2,3)19(11-9-10-12-19)13-15(20-16(21)22)14-23-24(7,8)18(4,5)6/h15,20H,9-14H2,1-8H3,(H,21,22). The first kappa shape index (κ1) is 21.5. The molecule has 5 heteroatoms. The monoisotopic (exact) mass is 357 g/mol. The fourth-order valence-electron chi connectivity index (χ4n) is 3.64. The maximum Gasteiger partial charge on any atom is 0.404 e. The largest absolute Gasteiger partial charge is 0.465 e. The van der Waals surface area contributed by atoms with Gasteiger partial charge in [0.1, 0.15) is 0 Å². The normalized spacial score (nSPS) is 20.0. The Labute approximate surface area is 149 Å². The third kappa shape index (κ3) is 5.22. The number of nitrogens with one attached hydrogen (secondary N) is 1. The number of rotatable bonds is 6. The minimum Gasteiger partial charge on any atom is -0.465 e. The van der Waals surface area contributed by atoms with Gasteiger partial charge in [-0.15, -0.1) is 0 Å². The Kier molecular flexibility index (Phi) is 6.59. The summed E-state index contributed by atoms with van der Waals surface area (Å²) in [7, 11) is -1.88. The SMILES string of the molecule is CC(C)(C)C1(CC(CO[Si](C)(C)C(C)(C)C)NC(=O)O)CCCC1. The van der Waals surface area contributed by atoms with Gasteiger partial charge in [0.05, 0.1) is 12.6 Å². The molecule has 0 spiro atoms. The lowest BCUT2D eigenvalue weighted by molar-refractivity contribution is 0.0571. The van der Waals surface area contributed by atoms with Gasteiger partial charge >= 0.3 is 6.09 Å². The molecule has 1 amide bonds. The third-order valence-corrected chi connectivity index (χ3v) is 11.1. The predicted octanol–water partition coefficient (Wildman–Crippen LogP) is 5.64. The van der Waals surface area contributed by atoms with Crippen molar-refractivity contribution in [3.63, 3.8) is 0 Å². The molecule has 142 valence electrons. The van der Waals surface area contributed by atoms with Crippen LogP contribution in [0.2, 0.25) is 18.1 Å². The first-order valence-corrected chi connectivity index (χ1v) is 12.2. The Morgan fingerprint density at radius 1 is 1.17 bits per heavy atom. The molecule has 0 aliphatic heterocycles. The maximum absolute atomic E-state index is 11.3. The van der Waals surface area contributed by atoms with Crippen LogP contribution in [0.5, 0.6) is 0 Å². The van der Waals surface area contributed by atoms with E-state index < -0.39 is 14.4 Å². The first-order valence-electron chi connectivity index (χ1n) is 9.34. The molecule has 0 aromatic rings. The molecule has 1 aliphatic carbocycles. The maximum atomic E-state index is 11.3. The van der Waals surface area contributed by atoms with Crippen molar-refractivity contribution < 1.29 is 14.3 Å². The summed E-state index contributed by atoms with van der Waals surface area (Å²) in [6, 6.07) is -0.131. The lowest BCUT2D eigenvalue weighted by Gasteiger charge is -2.45. The van der Waals surface area contributed by atoms with E-state index in [1.165, 1.54) is 25.7 Å². The highest BCUT2D eigenvalue weighted by molar-refractivity contribution is 6.74. The zero-order chi connectivity index (χ0) is 18.8. The van der Waals surface area contributed by atoms with Crippen LogP contribution >= 0.6 is 0 Å². The van der Waals surface area contributed by atoms with Gasteiger partial charge in [-0.3, -0.25) is 0 Å². The van der Waals surface area contributed by atoms with Gasteiger partial charge in [-0.25, -0.2) is 4.79 Å². The van der Waals surface area contributed by atoms with Crippen molar-refractivity contribution in [1.82, 2.24) is 5.32 Å². The van der Waals surface area contributed by atoms with Gasteiger partial charge in [0.25, 0.3) is 0 Å². The number of amides is 1. The highest BCUT2D eigenvalue weighted by Gasteiger charge is 2.46. The molecule has 0 bridgehead atoms. The van der Waals surface area contributed by atoms with Crippen LogP contribution in [0, 0.1) is 10.8 Å². The smallest absolute Gasteiger partial charge is 0.404 e. The molecule has 24 heavy (non-hydrogen) atoms. The fraction of sp³-hybridized carbons (Fsp3) is 0.947. The summed E-state index contributed by atoms with van der Waals surface area (Å²) in [5, 5.41) is 12.2. The molecule has 0 aromatic carbocycles. The molecule has 0 radical (unpaired) electrons. The second kappa shape index (κ2) is 7.36. The molecular formula is C19H39NO3Si. The van der Waals surface area contributed by atoms with Gasteiger partial charge in [0.15, 0.2) is 8.32 Å². The zero-order valence-corrected chi connectivity index (χ0v) is 18.1. The molecule has 4 nitrogen and oxygen atoms in total.